The molecule has 7 nitrogen and oxygen atoms in total. The van der Waals surface area contributed by atoms with E-state index in [1.807, 2.05) is 24.3 Å². The Balaban J connectivity index is 1.61. The van der Waals surface area contributed by atoms with E-state index in [1.165, 1.54) is 23.4 Å². The molecular formula is C21H20N4O3S. The molecule has 4 rings (SSSR count). The van der Waals surface area contributed by atoms with Crippen molar-refractivity contribution in [3.63, 3.8) is 0 Å². The third-order valence-electron chi connectivity index (χ3n) is 4.64. The van der Waals surface area contributed by atoms with Gasteiger partial charge in [-0.25, -0.2) is 4.79 Å². The fraction of sp³-hybridized carbons (Fsp3) is 0.238. The number of hydrogen-bond acceptors (Lipinski definition) is 7. The van der Waals surface area contributed by atoms with Gasteiger partial charge in [-0.1, -0.05) is 37.7 Å². The Kier molecular flexibility index (Phi) is 5.35. The highest BCUT2D eigenvalue weighted by atomic mass is 32.2. The van der Waals surface area contributed by atoms with Crippen LogP contribution in [0.1, 0.15) is 30.9 Å². The fourth-order valence-electron chi connectivity index (χ4n) is 3.03. The molecule has 29 heavy (non-hydrogen) atoms. The van der Waals surface area contributed by atoms with Crippen molar-refractivity contribution < 1.29 is 9.15 Å². The van der Waals surface area contributed by atoms with E-state index >= 15 is 0 Å². The van der Waals surface area contributed by atoms with Crippen molar-refractivity contribution in [3.8, 4) is 11.4 Å². The predicted molar refractivity (Wildman–Crippen MR) is 112 cm³/mol. The molecule has 0 bridgehead atoms. The lowest BCUT2D eigenvalue weighted by atomic mass is 10.0. The molecule has 0 N–H and O–H groups in total. The molecule has 0 aliphatic carbocycles. The molecule has 148 valence electrons. The van der Waals surface area contributed by atoms with Gasteiger partial charge >= 0.3 is 5.63 Å². The SMILES string of the molecule is COc1ccc2c(CSc3nnnn3-c3ccc(C(C)C)cc3)cc(=O)oc2c1. The Morgan fingerprint density at radius 3 is 2.66 bits per heavy atom. The molecule has 2 aromatic heterocycles. The molecule has 2 heterocycles. The smallest absolute Gasteiger partial charge is 0.336 e. The maximum Gasteiger partial charge on any atom is 0.336 e. The summed E-state index contributed by atoms with van der Waals surface area (Å²) in [4.78, 5) is 12.0. The minimum Gasteiger partial charge on any atom is -0.497 e. The molecule has 0 saturated carbocycles. The second kappa shape index (κ2) is 8.08. The van der Waals surface area contributed by atoms with Crippen LogP contribution >= 0.6 is 11.8 Å². The molecule has 0 spiro atoms. The summed E-state index contributed by atoms with van der Waals surface area (Å²) < 4.78 is 12.2. The molecule has 2 aromatic carbocycles. The van der Waals surface area contributed by atoms with Crippen LogP contribution in [0.5, 0.6) is 5.75 Å². The maximum atomic E-state index is 12.0. The summed E-state index contributed by atoms with van der Waals surface area (Å²) in [5, 5.41) is 13.6. The summed E-state index contributed by atoms with van der Waals surface area (Å²) in [6.07, 6.45) is 0. The number of nitrogens with zero attached hydrogens (tertiary/aromatic N) is 4. The predicted octanol–water partition coefficient (Wildman–Crippen LogP) is 4.19. The van der Waals surface area contributed by atoms with Gasteiger partial charge in [0.25, 0.3) is 0 Å². The first-order chi connectivity index (χ1) is 14.0. The second-order valence-electron chi connectivity index (χ2n) is 6.86. The van der Waals surface area contributed by atoms with Crippen LogP contribution in [0.25, 0.3) is 16.7 Å². The van der Waals surface area contributed by atoms with Crippen LogP contribution in [0.4, 0.5) is 0 Å². The summed E-state index contributed by atoms with van der Waals surface area (Å²) in [5.41, 5.74) is 3.10. The van der Waals surface area contributed by atoms with E-state index in [1.54, 1.807) is 17.9 Å². The van der Waals surface area contributed by atoms with Gasteiger partial charge in [-0.15, -0.1) is 5.10 Å². The number of thioether (sulfide) groups is 1. The van der Waals surface area contributed by atoms with Crippen molar-refractivity contribution in [1.82, 2.24) is 20.2 Å². The summed E-state index contributed by atoms with van der Waals surface area (Å²) in [6.45, 7) is 4.31. The lowest BCUT2D eigenvalue weighted by Gasteiger charge is -2.09. The van der Waals surface area contributed by atoms with E-state index in [-0.39, 0.29) is 0 Å². The van der Waals surface area contributed by atoms with Crippen molar-refractivity contribution in [3.05, 3.63) is 70.1 Å². The van der Waals surface area contributed by atoms with E-state index in [0.717, 1.165) is 16.6 Å². The molecule has 0 atom stereocenters. The van der Waals surface area contributed by atoms with Crippen molar-refractivity contribution >= 4 is 22.7 Å². The highest BCUT2D eigenvalue weighted by Crippen LogP contribution is 2.28. The first-order valence-corrected chi connectivity index (χ1v) is 10.2. The number of hydrogen-bond donors (Lipinski definition) is 0. The molecule has 0 unspecified atom stereocenters. The largest absolute Gasteiger partial charge is 0.497 e. The number of fused-ring (bicyclic) bond motifs is 1. The normalized spacial score (nSPS) is 11.3. The van der Waals surface area contributed by atoms with Crippen LogP contribution in [0.15, 0.2) is 62.9 Å². The third-order valence-corrected chi connectivity index (χ3v) is 5.61. The average molecular weight is 408 g/mol. The Labute approximate surface area is 171 Å². The molecule has 0 aliphatic rings. The van der Waals surface area contributed by atoms with Crippen LogP contribution in [0.2, 0.25) is 0 Å². The Morgan fingerprint density at radius 1 is 1.14 bits per heavy atom. The highest BCUT2D eigenvalue weighted by Gasteiger charge is 2.13. The summed E-state index contributed by atoms with van der Waals surface area (Å²) in [6, 6.07) is 15.1. The number of rotatable bonds is 6. The zero-order valence-electron chi connectivity index (χ0n) is 16.3. The quantitative estimate of drug-likeness (QED) is 0.349. The van der Waals surface area contributed by atoms with Crippen molar-refractivity contribution in [2.75, 3.05) is 7.11 Å². The Morgan fingerprint density at radius 2 is 1.93 bits per heavy atom. The van der Waals surface area contributed by atoms with E-state index < -0.39 is 5.63 Å². The average Bonchev–Trinajstić information content (AvgIpc) is 3.20. The van der Waals surface area contributed by atoms with Gasteiger partial charge in [-0.2, -0.15) is 4.68 Å². The molecule has 8 heteroatoms. The number of ether oxygens (including phenoxy) is 1. The van der Waals surface area contributed by atoms with Gasteiger partial charge < -0.3 is 9.15 Å². The zero-order chi connectivity index (χ0) is 20.4. The molecule has 0 fully saturated rings. The standard InChI is InChI=1S/C21H20N4O3S/c1-13(2)14-4-6-16(7-5-14)25-21(22-23-24-25)29-12-15-10-20(26)28-19-11-17(27-3)8-9-18(15)19/h4-11,13H,12H2,1-3H3. The topological polar surface area (TPSA) is 83.0 Å². The van der Waals surface area contributed by atoms with Gasteiger partial charge in [-0.3, -0.25) is 0 Å². The van der Waals surface area contributed by atoms with Crippen LogP contribution in [0, 0.1) is 0 Å². The molecule has 0 radical (unpaired) electrons. The van der Waals surface area contributed by atoms with Crippen molar-refractivity contribution in [2.24, 2.45) is 0 Å². The van der Waals surface area contributed by atoms with Gasteiger partial charge in [0, 0.05) is 23.3 Å². The number of benzene rings is 2. The van der Waals surface area contributed by atoms with Crippen LogP contribution < -0.4 is 10.4 Å². The van der Waals surface area contributed by atoms with E-state index in [0.29, 0.717) is 28.2 Å². The van der Waals surface area contributed by atoms with E-state index in [2.05, 4.69) is 41.5 Å². The molecule has 0 aliphatic heterocycles. The van der Waals surface area contributed by atoms with Gasteiger partial charge in [0.1, 0.15) is 11.3 Å². The minimum atomic E-state index is -0.398. The Hall–Kier alpha value is -3.13. The molecule has 4 aromatic rings. The molecular weight excluding hydrogens is 388 g/mol. The van der Waals surface area contributed by atoms with Gasteiger partial charge in [0.05, 0.1) is 12.8 Å². The van der Waals surface area contributed by atoms with Crippen LogP contribution in [-0.2, 0) is 5.75 Å². The summed E-state index contributed by atoms with van der Waals surface area (Å²) in [7, 11) is 1.58. The van der Waals surface area contributed by atoms with Crippen LogP contribution in [0.3, 0.4) is 0 Å². The van der Waals surface area contributed by atoms with E-state index in [9.17, 15) is 4.79 Å². The number of tetrazole rings is 1. The maximum absolute atomic E-state index is 12.0. The zero-order valence-corrected chi connectivity index (χ0v) is 17.1. The van der Waals surface area contributed by atoms with Gasteiger partial charge in [0.2, 0.25) is 5.16 Å². The third kappa shape index (κ3) is 4.02. The van der Waals surface area contributed by atoms with E-state index in [4.69, 9.17) is 9.15 Å². The van der Waals surface area contributed by atoms with Gasteiger partial charge in [-0.05, 0) is 51.7 Å². The minimum absolute atomic E-state index is 0.398. The first kappa shape index (κ1) is 19.2. The lowest BCUT2D eigenvalue weighted by Crippen LogP contribution is -2.02. The van der Waals surface area contributed by atoms with Crippen molar-refractivity contribution in [1.29, 1.82) is 0 Å². The molecule has 0 saturated heterocycles. The van der Waals surface area contributed by atoms with Crippen molar-refractivity contribution in [2.45, 2.75) is 30.7 Å². The first-order valence-electron chi connectivity index (χ1n) is 9.17. The van der Waals surface area contributed by atoms with Gasteiger partial charge in [0.15, 0.2) is 0 Å². The fourth-order valence-corrected chi connectivity index (χ4v) is 3.91. The second-order valence-corrected chi connectivity index (χ2v) is 7.80. The molecule has 0 amide bonds. The number of aromatic nitrogens is 4. The summed E-state index contributed by atoms with van der Waals surface area (Å²) >= 11 is 1.46. The highest BCUT2D eigenvalue weighted by molar-refractivity contribution is 7.98. The summed E-state index contributed by atoms with van der Waals surface area (Å²) in [5.74, 6) is 1.63. The number of methoxy groups -OCH3 is 1. The monoisotopic (exact) mass is 408 g/mol. The Bertz CT molecular complexity index is 1200. The lowest BCUT2D eigenvalue weighted by molar-refractivity contribution is 0.414. The van der Waals surface area contributed by atoms with Crippen LogP contribution in [-0.4, -0.2) is 27.3 Å².